The Morgan fingerprint density at radius 1 is 1.57 bits per heavy atom. The van der Waals surface area contributed by atoms with Gasteiger partial charge in [0, 0.05) is 23.4 Å². The molecule has 0 spiro atoms. The van der Waals surface area contributed by atoms with E-state index in [0.717, 1.165) is 23.3 Å². The molecule has 14 heavy (non-hydrogen) atoms. The second-order valence-corrected chi connectivity index (χ2v) is 3.79. The monoisotopic (exact) mass is 210 g/mol. The number of halogens is 1. The van der Waals surface area contributed by atoms with Crippen molar-refractivity contribution in [3.05, 3.63) is 28.3 Å². The number of hydrogen-bond donors (Lipinski definition) is 2. The molecule has 2 rings (SSSR count). The second kappa shape index (κ2) is 3.50. The average Bonchev–Trinajstić information content (AvgIpc) is 2.50. The molecule has 0 unspecified atom stereocenters. The van der Waals surface area contributed by atoms with Crippen molar-refractivity contribution < 1.29 is 4.74 Å². The molecule has 74 valence electrons. The molecule has 0 saturated carbocycles. The molecule has 3 nitrogen and oxygen atoms in total. The van der Waals surface area contributed by atoms with Gasteiger partial charge in [0.25, 0.3) is 0 Å². The number of benzene rings is 1. The fraction of sp³-hybridized carbons (Fsp3) is 0.300. The minimum absolute atomic E-state index is 0.130. The average molecular weight is 211 g/mol. The van der Waals surface area contributed by atoms with Crippen LogP contribution < -0.4 is 10.5 Å². The maximum Gasteiger partial charge on any atom is 0.126 e. The number of fused-ring (bicyclic) bond motifs is 1. The van der Waals surface area contributed by atoms with Gasteiger partial charge in [-0.05, 0) is 17.7 Å². The quantitative estimate of drug-likeness (QED) is 0.577. The largest absolute Gasteiger partial charge is 0.493 e. The summed E-state index contributed by atoms with van der Waals surface area (Å²) < 4.78 is 5.47. The van der Waals surface area contributed by atoms with Gasteiger partial charge >= 0.3 is 0 Å². The summed E-state index contributed by atoms with van der Waals surface area (Å²) in [4.78, 5) is 0. The number of nitrogens with one attached hydrogen (secondary N) is 1. The first-order chi connectivity index (χ1) is 6.66. The zero-order valence-corrected chi connectivity index (χ0v) is 8.40. The lowest BCUT2D eigenvalue weighted by molar-refractivity contribution is 0.354. The summed E-state index contributed by atoms with van der Waals surface area (Å²) in [7, 11) is 0. The van der Waals surface area contributed by atoms with Gasteiger partial charge in [0.2, 0.25) is 0 Å². The van der Waals surface area contributed by atoms with Crippen LogP contribution in [0.5, 0.6) is 5.75 Å². The van der Waals surface area contributed by atoms with E-state index in [-0.39, 0.29) is 5.84 Å². The predicted octanol–water partition coefficient (Wildman–Crippen LogP) is 1.75. The Kier molecular flexibility index (Phi) is 2.33. The molecule has 0 amide bonds. The number of hydrogen-bond acceptors (Lipinski definition) is 2. The number of nitrogens with two attached hydrogens (primary N) is 1. The summed E-state index contributed by atoms with van der Waals surface area (Å²) in [6.45, 7) is 0.695. The van der Waals surface area contributed by atoms with Crippen LogP contribution in [-0.2, 0) is 12.8 Å². The highest BCUT2D eigenvalue weighted by atomic mass is 35.5. The van der Waals surface area contributed by atoms with Crippen molar-refractivity contribution in [1.29, 1.82) is 5.41 Å². The third-order valence-corrected chi connectivity index (χ3v) is 2.42. The van der Waals surface area contributed by atoms with Crippen molar-refractivity contribution in [3.63, 3.8) is 0 Å². The topological polar surface area (TPSA) is 59.1 Å². The lowest BCUT2D eigenvalue weighted by atomic mass is 10.1. The van der Waals surface area contributed by atoms with Gasteiger partial charge in [-0.3, -0.25) is 5.41 Å². The van der Waals surface area contributed by atoms with Crippen molar-refractivity contribution in [2.45, 2.75) is 12.8 Å². The predicted molar refractivity (Wildman–Crippen MR) is 56.3 cm³/mol. The van der Waals surface area contributed by atoms with Gasteiger partial charge in [0.05, 0.1) is 12.4 Å². The van der Waals surface area contributed by atoms with E-state index >= 15 is 0 Å². The second-order valence-electron chi connectivity index (χ2n) is 3.35. The molecule has 1 aromatic rings. The van der Waals surface area contributed by atoms with Crippen LogP contribution in [0.1, 0.15) is 11.1 Å². The summed E-state index contributed by atoms with van der Waals surface area (Å²) in [6.07, 6.45) is 1.30. The number of amidine groups is 1. The van der Waals surface area contributed by atoms with Gasteiger partial charge in [-0.15, -0.1) is 0 Å². The highest BCUT2D eigenvalue weighted by molar-refractivity contribution is 6.30. The van der Waals surface area contributed by atoms with Crippen LogP contribution in [0.4, 0.5) is 0 Å². The van der Waals surface area contributed by atoms with Crippen molar-refractivity contribution in [1.82, 2.24) is 0 Å². The molecule has 1 aromatic carbocycles. The Bertz CT molecular complexity index is 390. The number of rotatable bonds is 2. The summed E-state index contributed by atoms with van der Waals surface area (Å²) in [6, 6.07) is 3.72. The zero-order valence-electron chi connectivity index (χ0n) is 7.64. The standard InChI is InChI=1S/C10H11ClN2O/c11-8-3-6-1-2-14-10(6)7(4-8)5-9(12)13/h3-4H,1-2,5H2,(H3,12,13). The van der Waals surface area contributed by atoms with Crippen LogP contribution >= 0.6 is 11.6 Å². The lowest BCUT2D eigenvalue weighted by Crippen LogP contribution is -2.13. The van der Waals surface area contributed by atoms with Gasteiger partial charge in [-0.2, -0.15) is 0 Å². The minimum atomic E-state index is 0.130. The van der Waals surface area contributed by atoms with E-state index in [9.17, 15) is 0 Å². The van der Waals surface area contributed by atoms with Crippen LogP contribution in [0.15, 0.2) is 12.1 Å². The van der Waals surface area contributed by atoms with E-state index in [4.69, 9.17) is 27.5 Å². The molecule has 3 N–H and O–H groups in total. The van der Waals surface area contributed by atoms with E-state index in [1.165, 1.54) is 0 Å². The summed E-state index contributed by atoms with van der Waals surface area (Å²) in [5, 5.41) is 7.93. The van der Waals surface area contributed by atoms with Gasteiger partial charge in [0.15, 0.2) is 0 Å². The Balaban J connectivity index is 2.43. The van der Waals surface area contributed by atoms with Crippen LogP contribution in [0, 0.1) is 5.41 Å². The van der Waals surface area contributed by atoms with E-state index < -0.39 is 0 Å². The smallest absolute Gasteiger partial charge is 0.126 e. The molecule has 1 heterocycles. The molecular weight excluding hydrogens is 200 g/mol. The molecule has 0 fully saturated rings. The van der Waals surface area contributed by atoms with Crippen LogP contribution in [-0.4, -0.2) is 12.4 Å². The van der Waals surface area contributed by atoms with Gasteiger partial charge < -0.3 is 10.5 Å². The van der Waals surface area contributed by atoms with Crippen LogP contribution in [0.3, 0.4) is 0 Å². The van der Waals surface area contributed by atoms with Crippen molar-refractivity contribution in [2.24, 2.45) is 5.73 Å². The molecule has 0 radical (unpaired) electrons. The van der Waals surface area contributed by atoms with Crippen LogP contribution in [0.25, 0.3) is 0 Å². The molecule has 0 aliphatic carbocycles. The minimum Gasteiger partial charge on any atom is -0.493 e. The van der Waals surface area contributed by atoms with Crippen LogP contribution in [0.2, 0.25) is 5.02 Å². The molecule has 1 aliphatic rings. The van der Waals surface area contributed by atoms with Gasteiger partial charge in [-0.1, -0.05) is 11.6 Å². The Morgan fingerprint density at radius 2 is 2.36 bits per heavy atom. The zero-order chi connectivity index (χ0) is 10.1. The van der Waals surface area contributed by atoms with Gasteiger partial charge in [0.1, 0.15) is 5.75 Å². The first kappa shape index (κ1) is 9.34. The van der Waals surface area contributed by atoms with E-state index in [2.05, 4.69) is 0 Å². The molecule has 0 bridgehead atoms. The Hall–Kier alpha value is -1.22. The fourth-order valence-corrected chi connectivity index (χ4v) is 1.95. The normalized spacial score (nSPS) is 13.5. The van der Waals surface area contributed by atoms with Crippen molar-refractivity contribution in [3.8, 4) is 5.75 Å². The van der Waals surface area contributed by atoms with E-state index in [1.807, 2.05) is 12.1 Å². The lowest BCUT2D eigenvalue weighted by Gasteiger charge is -2.07. The Labute approximate surface area is 87.3 Å². The molecule has 4 heteroatoms. The Morgan fingerprint density at radius 3 is 3.07 bits per heavy atom. The first-order valence-corrected chi connectivity index (χ1v) is 4.81. The summed E-state index contributed by atoms with van der Waals surface area (Å²) in [5.41, 5.74) is 7.39. The first-order valence-electron chi connectivity index (χ1n) is 4.44. The third-order valence-electron chi connectivity index (χ3n) is 2.21. The highest BCUT2D eigenvalue weighted by Gasteiger charge is 2.17. The maximum atomic E-state index is 7.24. The summed E-state index contributed by atoms with van der Waals surface area (Å²) in [5.74, 6) is 0.995. The molecule has 0 saturated heterocycles. The van der Waals surface area contributed by atoms with Gasteiger partial charge in [-0.25, -0.2) is 0 Å². The molecule has 0 atom stereocenters. The fourth-order valence-electron chi connectivity index (χ4n) is 1.68. The van der Waals surface area contributed by atoms with Crippen molar-refractivity contribution in [2.75, 3.05) is 6.61 Å². The summed E-state index contributed by atoms with van der Waals surface area (Å²) >= 11 is 5.95. The van der Waals surface area contributed by atoms with E-state index in [1.54, 1.807) is 0 Å². The van der Waals surface area contributed by atoms with E-state index in [0.29, 0.717) is 18.1 Å². The molecule has 0 aromatic heterocycles. The maximum absolute atomic E-state index is 7.24. The van der Waals surface area contributed by atoms with Crippen molar-refractivity contribution >= 4 is 17.4 Å². The number of ether oxygens (including phenoxy) is 1. The highest BCUT2D eigenvalue weighted by Crippen LogP contribution is 2.32. The molecular formula is C10H11ClN2O. The SMILES string of the molecule is N=C(N)Cc1cc(Cl)cc2c1OCC2. The molecule has 1 aliphatic heterocycles. The third kappa shape index (κ3) is 1.68.